The van der Waals surface area contributed by atoms with Crippen LogP contribution in [0.4, 0.5) is 0 Å². The van der Waals surface area contributed by atoms with E-state index in [9.17, 15) is 27.6 Å². The number of sulfonamides is 1. The van der Waals surface area contributed by atoms with Crippen molar-refractivity contribution in [3.63, 3.8) is 0 Å². The Morgan fingerprint density at radius 1 is 1.10 bits per heavy atom. The highest BCUT2D eigenvalue weighted by Crippen LogP contribution is 2.25. The first kappa shape index (κ1) is 30.3. The van der Waals surface area contributed by atoms with Crippen molar-refractivity contribution in [2.45, 2.75) is 75.6 Å². The molecule has 1 aromatic carbocycles. The predicted molar refractivity (Wildman–Crippen MR) is 151 cm³/mol. The second-order valence-corrected chi connectivity index (χ2v) is 12.6. The van der Waals surface area contributed by atoms with Gasteiger partial charge in [-0.3, -0.25) is 19.2 Å². The van der Waals surface area contributed by atoms with E-state index in [4.69, 9.17) is 0 Å². The number of Topliss-reactive ketones (excluding diaryl/α,β-unsaturated/α-hetero) is 1. The number of hydrogen-bond acceptors (Lipinski definition) is 8. The van der Waals surface area contributed by atoms with E-state index in [0.717, 1.165) is 5.56 Å². The van der Waals surface area contributed by atoms with E-state index in [2.05, 4.69) is 15.6 Å². The fraction of sp³-hybridized carbons (Fsp3) is 0.483. The monoisotopic (exact) mass is 583 g/mol. The summed E-state index contributed by atoms with van der Waals surface area (Å²) in [6.07, 6.45) is 2.54. The summed E-state index contributed by atoms with van der Waals surface area (Å²) in [6, 6.07) is 10.3. The molecule has 11 nitrogen and oxygen atoms in total. The van der Waals surface area contributed by atoms with E-state index in [1.54, 1.807) is 6.07 Å². The molecule has 3 atom stereocenters. The second kappa shape index (κ2) is 13.3. The summed E-state index contributed by atoms with van der Waals surface area (Å²) in [5, 5.41) is 5.37. The molecule has 12 heteroatoms. The summed E-state index contributed by atoms with van der Waals surface area (Å²) in [7, 11) is -4.54. The van der Waals surface area contributed by atoms with Crippen molar-refractivity contribution in [1.29, 1.82) is 0 Å². The molecular formula is C29H37N5O6S. The average Bonchev–Trinajstić information content (AvgIpc) is 3.18. The zero-order chi connectivity index (χ0) is 29.6. The van der Waals surface area contributed by atoms with E-state index >= 15 is 0 Å². The van der Waals surface area contributed by atoms with Gasteiger partial charge in [-0.05, 0) is 55.8 Å². The van der Waals surface area contributed by atoms with Crippen molar-refractivity contribution in [2.75, 3.05) is 13.1 Å². The largest absolute Gasteiger partial charge is 0.342 e. The minimum absolute atomic E-state index is 0.0774. The third-order valence-electron chi connectivity index (χ3n) is 7.31. The fourth-order valence-corrected chi connectivity index (χ4v) is 6.87. The Hall–Kier alpha value is -3.64. The molecule has 2 aliphatic heterocycles. The highest BCUT2D eigenvalue weighted by Gasteiger charge is 2.44. The lowest BCUT2D eigenvalue weighted by molar-refractivity contribution is -0.140. The lowest BCUT2D eigenvalue weighted by Crippen LogP contribution is -2.58. The average molecular weight is 584 g/mol. The number of carbonyl (C=O) groups is 4. The van der Waals surface area contributed by atoms with Gasteiger partial charge >= 0.3 is 0 Å². The van der Waals surface area contributed by atoms with Crippen molar-refractivity contribution in [3.05, 3.63) is 60.3 Å². The van der Waals surface area contributed by atoms with Crippen LogP contribution in [0.3, 0.4) is 0 Å². The van der Waals surface area contributed by atoms with Gasteiger partial charge < -0.3 is 15.5 Å². The van der Waals surface area contributed by atoms with Crippen LogP contribution in [-0.2, 0) is 35.7 Å². The Bertz CT molecular complexity index is 1350. The zero-order valence-electron chi connectivity index (χ0n) is 23.4. The van der Waals surface area contributed by atoms with Crippen molar-refractivity contribution >= 4 is 33.5 Å². The first-order valence-electron chi connectivity index (χ1n) is 14.0. The van der Waals surface area contributed by atoms with Crippen molar-refractivity contribution < 1.29 is 27.6 Å². The minimum Gasteiger partial charge on any atom is -0.342 e. The summed E-state index contributed by atoms with van der Waals surface area (Å²) in [5.74, 6) is -2.12. The van der Waals surface area contributed by atoms with Crippen LogP contribution in [0.15, 0.2) is 59.8 Å². The SMILES string of the molecule is CC(C)C[C@H](NC(=O)[C@@H]1CCC(=O)N1Cc1ccccc1)C(=O)N(C1CCCNCC1=O)S(=O)(=O)c1ccccn1. The molecule has 0 aliphatic carbocycles. The molecule has 2 fully saturated rings. The molecule has 1 aromatic heterocycles. The Labute approximate surface area is 240 Å². The van der Waals surface area contributed by atoms with Crippen LogP contribution in [0.1, 0.15) is 51.5 Å². The van der Waals surface area contributed by atoms with E-state index in [-0.39, 0.29) is 55.6 Å². The number of rotatable bonds is 10. The topological polar surface area (TPSA) is 146 Å². The van der Waals surface area contributed by atoms with Gasteiger partial charge in [-0.2, -0.15) is 8.42 Å². The Morgan fingerprint density at radius 2 is 1.83 bits per heavy atom. The van der Waals surface area contributed by atoms with Gasteiger partial charge in [0.1, 0.15) is 18.1 Å². The Morgan fingerprint density at radius 3 is 2.51 bits per heavy atom. The number of nitrogens with zero attached hydrogens (tertiary/aromatic N) is 3. The molecule has 2 aliphatic rings. The maximum Gasteiger partial charge on any atom is 0.284 e. The highest BCUT2D eigenvalue weighted by atomic mass is 32.2. The molecule has 220 valence electrons. The predicted octanol–water partition coefficient (Wildman–Crippen LogP) is 1.64. The molecule has 4 rings (SSSR count). The molecule has 2 N–H and O–H groups in total. The van der Waals surface area contributed by atoms with Crippen molar-refractivity contribution in [3.8, 4) is 0 Å². The summed E-state index contributed by atoms with van der Waals surface area (Å²) >= 11 is 0. The van der Waals surface area contributed by atoms with E-state index < -0.39 is 45.7 Å². The second-order valence-electron chi connectivity index (χ2n) is 10.9. The smallest absolute Gasteiger partial charge is 0.284 e. The lowest BCUT2D eigenvalue weighted by Gasteiger charge is -2.33. The van der Waals surface area contributed by atoms with Crippen molar-refractivity contribution in [1.82, 2.24) is 24.8 Å². The van der Waals surface area contributed by atoms with E-state index in [1.807, 2.05) is 44.2 Å². The number of ketones is 1. The zero-order valence-corrected chi connectivity index (χ0v) is 24.2. The summed E-state index contributed by atoms with van der Waals surface area (Å²) in [6.45, 7) is 4.38. The van der Waals surface area contributed by atoms with Gasteiger partial charge in [0.15, 0.2) is 10.8 Å². The van der Waals surface area contributed by atoms with Crippen LogP contribution < -0.4 is 10.6 Å². The van der Waals surface area contributed by atoms with Crippen LogP contribution in [-0.4, -0.2) is 77.3 Å². The van der Waals surface area contributed by atoms with Crippen LogP contribution >= 0.6 is 0 Å². The molecule has 41 heavy (non-hydrogen) atoms. The third-order valence-corrected chi connectivity index (χ3v) is 9.03. The number of carbonyl (C=O) groups excluding carboxylic acids is 4. The van der Waals surface area contributed by atoms with Gasteiger partial charge in [0.05, 0.1) is 6.54 Å². The molecule has 2 aromatic rings. The Kier molecular flexibility index (Phi) is 9.87. The minimum atomic E-state index is -4.54. The Balaban J connectivity index is 1.65. The molecule has 0 bridgehead atoms. The number of likely N-dealkylation sites (tertiary alicyclic amines) is 1. The van der Waals surface area contributed by atoms with Crippen LogP contribution in [0.5, 0.6) is 0 Å². The maximum atomic E-state index is 14.2. The first-order chi connectivity index (χ1) is 19.6. The number of nitrogens with one attached hydrogen (secondary N) is 2. The normalized spacial score (nSPS) is 20.5. The molecule has 3 heterocycles. The number of aromatic nitrogens is 1. The van der Waals surface area contributed by atoms with Gasteiger partial charge in [-0.1, -0.05) is 50.2 Å². The highest BCUT2D eigenvalue weighted by molar-refractivity contribution is 7.89. The standard InChI is InChI=1S/C29H37N5O6S/c1-20(2)17-22(32-28(37)24-13-14-27(36)33(24)19-21-9-4-3-5-10-21)29(38)34(23-11-8-15-30-18-25(23)35)41(39,40)26-12-6-7-16-31-26/h3-7,9-10,12,16,20,22-24,30H,8,11,13-15,17-19H2,1-2H3,(H,32,37)/t22-,23?,24-/m0/s1. The van der Waals surface area contributed by atoms with Crippen LogP contribution in [0, 0.1) is 5.92 Å². The van der Waals surface area contributed by atoms with Crippen LogP contribution in [0.25, 0.3) is 0 Å². The lowest BCUT2D eigenvalue weighted by atomic mass is 10.0. The molecule has 0 spiro atoms. The van der Waals surface area contributed by atoms with E-state index in [1.165, 1.54) is 23.2 Å². The molecule has 1 unspecified atom stereocenters. The third kappa shape index (κ3) is 7.17. The maximum absolute atomic E-state index is 14.2. The van der Waals surface area contributed by atoms with Gasteiger partial charge in [-0.25, -0.2) is 9.29 Å². The van der Waals surface area contributed by atoms with Gasteiger partial charge in [0.25, 0.3) is 15.9 Å². The van der Waals surface area contributed by atoms with Crippen molar-refractivity contribution in [2.24, 2.45) is 5.92 Å². The molecule has 0 saturated carbocycles. The van der Waals surface area contributed by atoms with Crippen LogP contribution in [0.2, 0.25) is 0 Å². The first-order valence-corrected chi connectivity index (χ1v) is 15.4. The quantitative estimate of drug-likeness (QED) is 0.429. The number of hydrogen-bond donors (Lipinski definition) is 2. The number of benzene rings is 1. The fourth-order valence-electron chi connectivity index (χ4n) is 5.30. The summed E-state index contributed by atoms with van der Waals surface area (Å²) in [5.41, 5.74) is 0.864. The van der Waals surface area contributed by atoms with E-state index in [0.29, 0.717) is 17.3 Å². The molecule has 3 amide bonds. The summed E-state index contributed by atoms with van der Waals surface area (Å²) in [4.78, 5) is 59.1. The number of pyridine rings is 1. The molecular weight excluding hydrogens is 546 g/mol. The van der Waals surface area contributed by atoms with Gasteiger partial charge in [0, 0.05) is 19.2 Å². The summed E-state index contributed by atoms with van der Waals surface area (Å²) < 4.78 is 28.4. The molecule has 2 saturated heterocycles. The molecule has 0 radical (unpaired) electrons. The van der Waals surface area contributed by atoms with Gasteiger partial charge in [-0.15, -0.1) is 0 Å². The number of amides is 3. The van der Waals surface area contributed by atoms with Gasteiger partial charge in [0.2, 0.25) is 11.8 Å².